The molecule has 13 atom stereocenters. The summed E-state index contributed by atoms with van der Waals surface area (Å²) in [6.45, 7) is 7.05. The zero-order valence-electron chi connectivity index (χ0n) is 66.7. The Kier molecular flexibility index (Phi) is 32.8. The lowest BCUT2D eigenvalue weighted by Crippen LogP contribution is -2.68. The number of nitrogens with zero attached hydrogens (tertiary/aromatic N) is 9. The van der Waals surface area contributed by atoms with Crippen LogP contribution in [-0.4, -0.2) is 302 Å². The van der Waals surface area contributed by atoms with Gasteiger partial charge in [-0.2, -0.15) is 26.3 Å². The van der Waals surface area contributed by atoms with Crippen molar-refractivity contribution in [2.75, 3.05) is 109 Å². The van der Waals surface area contributed by atoms with Crippen LogP contribution in [0.2, 0.25) is 0 Å². The van der Waals surface area contributed by atoms with Gasteiger partial charge in [0.05, 0.1) is 50.2 Å². The van der Waals surface area contributed by atoms with Crippen molar-refractivity contribution in [1.82, 2.24) is 60.0 Å². The number of hydrogen-bond donors (Lipinski definition) is 3. The highest BCUT2D eigenvalue weighted by atomic mass is 19.4. The monoisotopic (exact) mass is 1570 g/mol. The van der Waals surface area contributed by atoms with Gasteiger partial charge >= 0.3 is 12.4 Å². The molecular formula is C77H122F6N12O15. The highest BCUT2D eigenvalue weighted by Crippen LogP contribution is 2.45. The number of amides is 12. The first-order valence-corrected chi connectivity index (χ1v) is 39.7. The van der Waals surface area contributed by atoms with Gasteiger partial charge in [-0.25, -0.2) is 0 Å². The summed E-state index contributed by atoms with van der Waals surface area (Å²) < 4.78 is 103. The van der Waals surface area contributed by atoms with Crippen molar-refractivity contribution in [2.24, 2.45) is 35.5 Å². The third kappa shape index (κ3) is 22.2. The quantitative estimate of drug-likeness (QED) is 0.0874. The number of fused-ring (bicyclic) bond motifs is 3. The van der Waals surface area contributed by atoms with Crippen molar-refractivity contribution in [3.63, 3.8) is 0 Å². The molecule has 0 radical (unpaired) electrons. The van der Waals surface area contributed by atoms with E-state index in [1.807, 2.05) is 6.92 Å². The van der Waals surface area contributed by atoms with Crippen LogP contribution in [0.4, 0.5) is 26.3 Å². The van der Waals surface area contributed by atoms with Gasteiger partial charge in [-0.15, -0.1) is 0 Å². The van der Waals surface area contributed by atoms with E-state index >= 15 is 33.6 Å². The fourth-order valence-electron chi connectivity index (χ4n) is 17.1. The van der Waals surface area contributed by atoms with E-state index < -0.39 is 204 Å². The Labute approximate surface area is 644 Å². The number of carbonyl (C=O) groups excluding carboxylic acids is 12. The average Bonchev–Trinajstić information content (AvgIpc) is 1.30. The van der Waals surface area contributed by atoms with E-state index in [0.29, 0.717) is 44.9 Å². The van der Waals surface area contributed by atoms with Gasteiger partial charge in [0.1, 0.15) is 53.9 Å². The minimum absolute atomic E-state index is 0.0305. The Morgan fingerprint density at radius 2 is 1.32 bits per heavy atom. The van der Waals surface area contributed by atoms with Crippen molar-refractivity contribution in [2.45, 2.75) is 261 Å². The molecule has 3 unspecified atom stereocenters. The van der Waals surface area contributed by atoms with Crippen LogP contribution in [0, 0.1) is 35.5 Å². The predicted octanol–water partition coefficient (Wildman–Crippen LogP) is 5.85. The Bertz CT molecular complexity index is 3240. The molecule has 0 aromatic heterocycles. The third-order valence-corrected chi connectivity index (χ3v) is 24.6. The van der Waals surface area contributed by atoms with Crippen molar-refractivity contribution >= 4 is 70.9 Å². The van der Waals surface area contributed by atoms with Gasteiger partial charge in [-0.05, 0) is 153 Å². The third-order valence-electron chi connectivity index (χ3n) is 24.6. The summed E-state index contributed by atoms with van der Waals surface area (Å²) in [5.41, 5.74) is -1.64. The van der Waals surface area contributed by atoms with Crippen molar-refractivity contribution in [1.29, 1.82) is 0 Å². The average molecular weight is 1570 g/mol. The standard InChI is InChI=1S/C77H122F6N12O15/c1-14-38-109-46-59-66(99)85-64(47(5)15-2)72(105)89(8)45-63(98)90(9)55-26-19-18-22-37-94(71(55)104)58(39-48-27-31-51(32-28-48)76(78,79)80)70(103)88(7)44-61(96)84-54(34-30-49-29-33-53(77(81,82)83)60(40-49)108-13)68(101)95-43-52(110-17-4)41-56(95)67(100)86-75(35-23-36-75)74(107)93(12)65(50-24-20-21-25-50)73(106)92(11)57(42-62(97)91(59)10)69(102)87(6)16-3/h18-19,47-60,64-65H,14-17,20-46H2,1-13H3,(H,84,96)(H,85,99)(H,86,100)/b19-18-/t47-,48?,49?,51?,52+,53?,54-,55-,56-,57-,58-,59-,60?,64-,65-/m0/s1. The van der Waals surface area contributed by atoms with Crippen LogP contribution >= 0.6 is 0 Å². The number of carbonyl (C=O) groups is 12. The Balaban J connectivity index is 1.33. The molecule has 33 heteroatoms. The first-order chi connectivity index (χ1) is 51.9. The molecule has 1 spiro atoms. The molecule has 6 fully saturated rings. The van der Waals surface area contributed by atoms with E-state index in [1.54, 1.807) is 39.8 Å². The van der Waals surface area contributed by atoms with Gasteiger partial charge in [0.25, 0.3) is 0 Å². The molecule has 0 aromatic rings. The number of likely N-dealkylation sites (N-methyl/N-ethyl adjacent to an activating group) is 7. The summed E-state index contributed by atoms with van der Waals surface area (Å²) >= 11 is 0. The Morgan fingerprint density at radius 1 is 0.664 bits per heavy atom. The first-order valence-electron chi connectivity index (χ1n) is 39.7. The van der Waals surface area contributed by atoms with E-state index in [0.717, 1.165) is 24.5 Å². The first kappa shape index (κ1) is 90.0. The van der Waals surface area contributed by atoms with E-state index in [1.165, 1.54) is 76.0 Å². The lowest BCUT2D eigenvalue weighted by atomic mass is 9.74. The minimum atomic E-state index is -4.57. The van der Waals surface area contributed by atoms with Crippen molar-refractivity contribution in [3.8, 4) is 0 Å². The van der Waals surface area contributed by atoms with Gasteiger partial charge in [-0.1, -0.05) is 52.2 Å². The van der Waals surface area contributed by atoms with Crippen LogP contribution < -0.4 is 16.0 Å². The lowest BCUT2D eigenvalue weighted by Gasteiger charge is -2.46. The largest absolute Gasteiger partial charge is 0.394 e. The van der Waals surface area contributed by atoms with Gasteiger partial charge in [-0.3, -0.25) is 57.5 Å². The normalized spacial score (nSPS) is 30.9. The van der Waals surface area contributed by atoms with E-state index in [9.17, 15) is 50.3 Å². The molecular weight excluding hydrogens is 1450 g/mol. The van der Waals surface area contributed by atoms with Gasteiger partial charge < -0.3 is 74.3 Å². The second-order valence-corrected chi connectivity index (χ2v) is 31.9. The molecule has 110 heavy (non-hydrogen) atoms. The fraction of sp³-hybridized carbons (Fsp3) is 0.818. The lowest BCUT2D eigenvalue weighted by molar-refractivity contribution is -0.215. The van der Waals surface area contributed by atoms with Crippen molar-refractivity contribution in [3.05, 3.63) is 12.2 Å². The molecule has 4 saturated carbocycles. The number of methoxy groups -OCH3 is 1. The SMILES string of the molecule is CCCOC[C@H]1C(=O)N[C@@H]([C@@H](C)CC)C(=O)N(C)CC(=O)N(C)[C@H]2C/C=C\CCN(C2=O)[C@@H](CC2CCC(C(F)(F)F)CC2)C(=O)N(C)CC(=O)N[C@@H](CCC2CCC(C(F)(F)F)C(OC)C2)C(=O)N2C[C@H](OCC)C[C@H]2C(=O)NC2(CCC2)C(=O)N(C)[C@@H](C2CCCC2)C(=O)N(C)[C@H](C(=O)N(C)CC)CC(=O)N1C. The Hall–Kier alpha value is -7.16. The second-order valence-electron chi connectivity index (χ2n) is 31.9. The van der Waals surface area contributed by atoms with E-state index in [4.69, 9.17) is 14.2 Å². The summed E-state index contributed by atoms with van der Waals surface area (Å²) in [5.74, 6) is -14.5. The predicted molar refractivity (Wildman–Crippen MR) is 393 cm³/mol. The minimum Gasteiger partial charge on any atom is -0.381 e. The fourth-order valence-corrected chi connectivity index (χ4v) is 17.1. The van der Waals surface area contributed by atoms with E-state index in [-0.39, 0.29) is 136 Å². The number of halogens is 6. The zero-order chi connectivity index (χ0) is 81.4. The number of ether oxygens (including phenoxy) is 3. The van der Waals surface area contributed by atoms with Crippen LogP contribution in [0.1, 0.15) is 182 Å². The molecule has 3 aliphatic heterocycles. The molecule has 3 heterocycles. The molecule has 3 N–H and O–H groups in total. The summed E-state index contributed by atoms with van der Waals surface area (Å²) in [6.07, 6.45) is -5.35. The second kappa shape index (κ2) is 40.0. The smallest absolute Gasteiger partial charge is 0.381 e. The Morgan fingerprint density at radius 3 is 1.91 bits per heavy atom. The van der Waals surface area contributed by atoms with Crippen molar-refractivity contribution < 1.29 is 98.1 Å². The van der Waals surface area contributed by atoms with Crippen LogP contribution in [-0.2, 0) is 71.7 Å². The van der Waals surface area contributed by atoms with Gasteiger partial charge in [0.15, 0.2) is 0 Å². The molecule has 27 nitrogen and oxygen atoms in total. The number of nitrogens with one attached hydrogen (secondary N) is 3. The molecule has 12 amide bonds. The maximum absolute atomic E-state index is 15.7. The molecule has 2 saturated heterocycles. The van der Waals surface area contributed by atoms with Gasteiger partial charge in [0, 0.05) is 95.7 Å². The maximum Gasteiger partial charge on any atom is 0.394 e. The maximum atomic E-state index is 15.7. The molecule has 7 rings (SSSR count). The van der Waals surface area contributed by atoms with E-state index in [2.05, 4.69) is 16.0 Å². The molecule has 2 bridgehead atoms. The summed E-state index contributed by atoms with van der Waals surface area (Å²) in [7, 11) is 10.8. The van der Waals surface area contributed by atoms with Crippen LogP contribution in [0.3, 0.4) is 0 Å². The number of rotatable bonds is 17. The van der Waals surface area contributed by atoms with Crippen LogP contribution in [0.5, 0.6) is 0 Å². The van der Waals surface area contributed by atoms with Crippen LogP contribution in [0.15, 0.2) is 12.2 Å². The zero-order valence-corrected chi connectivity index (χ0v) is 66.7. The topological polar surface area (TPSA) is 298 Å². The number of alkyl halides is 6. The molecule has 622 valence electrons. The highest BCUT2D eigenvalue weighted by Gasteiger charge is 2.55. The highest BCUT2D eigenvalue weighted by molar-refractivity contribution is 6.01. The molecule has 0 aromatic carbocycles. The van der Waals surface area contributed by atoms with Gasteiger partial charge in [0.2, 0.25) is 70.9 Å². The summed E-state index contributed by atoms with van der Waals surface area (Å²) in [6, 6.07) is -11.2. The molecule has 7 aliphatic rings. The summed E-state index contributed by atoms with van der Waals surface area (Å²) in [4.78, 5) is 193. The number of hydrogen-bond acceptors (Lipinski definition) is 15. The summed E-state index contributed by atoms with van der Waals surface area (Å²) in [5, 5.41) is 8.61. The molecule has 4 aliphatic carbocycles. The van der Waals surface area contributed by atoms with Crippen LogP contribution in [0.25, 0.3) is 0 Å².